The summed E-state index contributed by atoms with van der Waals surface area (Å²) in [7, 11) is -1.35. The molecule has 0 saturated heterocycles. The molecule has 1 unspecified atom stereocenters. The van der Waals surface area contributed by atoms with E-state index in [1.165, 1.54) is 17.4 Å². The summed E-state index contributed by atoms with van der Waals surface area (Å²) >= 11 is 12.6. The molecule has 2 aromatic rings. The van der Waals surface area contributed by atoms with E-state index in [4.69, 9.17) is 23.2 Å². The molecule has 1 amide bonds. The first-order valence-electron chi connectivity index (χ1n) is 7.30. The van der Waals surface area contributed by atoms with E-state index in [2.05, 4.69) is 15.0 Å². The van der Waals surface area contributed by atoms with Crippen molar-refractivity contribution in [1.29, 1.82) is 0 Å². The molecule has 25 heavy (non-hydrogen) atoms. The molecule has 0 aliphatic carbocycles. The van der Waals surface area contributed by atoms with Crippen molar-refractivity contribution < 1.29 is 9.00 Å². The highest BCUT2D eigenvalue weighted by Gasteiger charge is 2.41. The molecule has 0 spiro atoms. The first-order chi connectivity index (χ1) is 12.0. The normalized spacial score (nSPS) is 17.2. The van der Waals surface area contributed by atoms with E-state index in [0.717, 1.165) is 0 Å². The molecule has 128 valence electrons. The third-order valence-electron chi connectivity index (χ3n) is 3.87. The molecule has 2 aliphatic rings. The molecule has 0 saturated carbocycles. The zero-order chi connectivity index (χ0) is 17.7. The Morgan fingerprint density at radius 3 is 2.64 bits per heavy atom. The molecule has 7 nitrogen and oxygen atoms in total. The van der Waals surface area contributed by atoms with E-state index in [1.54, 1.807) is 23.1 Å². The molecule has 0 radical (unpaired) electrons. The van der Waals surface area contributed by atoms with Gasteiger partial charge in [-0.2, -0.15) is 0 Å². The third-order valence-corrected chi connectivity index (χ3v) is 5.19. The van der Waals surface area contributed by atoms with Crippen molar-refractivity contribution in [2.45, 2.75) is 5.16 Å². The highest BCUT2D eigenvalue weighted by Crippen LogP contribution is 2.39. The molecule has 4 rings (SSSR count). The number of halogens is 2. The van der Waals surface area contributed by atoms with Gasteiger partial charge in [-0.15, -0.1) is 0 Å². The number of hydrogen-bond donors (Lipinski definition) is 0. The minimum Gasteiger partial charge on any atom is -0.294 e. The van der Waals surface area contributed by atoms with E-state index >= 15 is 0 Å². The maximum atomic E-state index is 13.1. The zero-order valence-electron chi connectivity index (χ0n) is 12.9. The summed E-state index contributed by atoms with van der Waals surface area (Å²) in [4.78, 5) is 29.0. The Morgan fingerprint density at radius 1 is 1.24 bits per heavy atom. The molecule has 3 heterocycles. The Morgan fingerprint density at radius 2 is 1.96 bits per heavy atom. The van der Waals surface area contributed by atoms with Gasteiger partial charge >= 0.3 is 0 Å². The van der Waals surface area contributed by atoms with Gasteiger partial charge < -0.3 is 0 Å². The highest BCUT2D eigenvalue weighted by molar-refractivity contribution is 7.84. The van der Waals surface area contributed by atoms with Gasteiger partial charge in [-0.25, -0.2) is 14.9 Å². The third kappa shape index (κ3) is 2.52. The van der Waals surface area contributed by atoms with Crippen molar-refractivity contribution in [3.8, 4) is 0 Å². The number of fused-ring (bicyclic) bond motifs is 3. The van der Waals surface area contributed by atoms with Crippen molar-refractivity contribution in [2.24, 2.45) is 4.99 Å². The van der Waals surface area contributed by atoms with Crippen molar-refractivity contribution in [3.05, 3.63) is 40.0 Å². The first-order valence-corrected chi connectivity index (χ1v) is 9.61. The lowest BCUT2D eigenvalue weighted by Gasteiger charge is -2.35. The van der Waals surface area contributed by atoms with Crippen LogP contribution in [0.5, 0.6) is 0 Å². The van der Waals surface area contributed by atoms with Crippen molar-refractivity contribution in [1.82, 2.24) is 9.97 Å². The van der Waals surface area contributed by atoms with Gasteiger partial charge in [0.05, 0.1) is 33.1 Å². The number of hydrogen-bond acceptors (Lipinski definition) is 6. The second kappa shape index (κ2) is 6.05. The molecule has 1 aromatic carbocycles. The molecule has 1 atom stereocenters. The number of nitrogens with zero attached hydrogens (tertiary/aromatic N) is 5. The van der Waals surface area contributed by atoms with Crippen LogP contribution < -0.4 is 9.80 Å². The fraction of sp³-hybridized carbons (Fsp3) is 0.200. The van der Waals surface area contributed by atoms with Gasteiger partial charge in [-0.05, 0) is 12.1 Å². The van der Waals surface area contributed by atoms with Crippen LogP contribution in [-0.2, 0) is 10.8 Å². The van der Waals surface area contributed by atoms with Gasteiger partial charge in [-0.1, -0.05) is 29.3 Å². The Labute approximate surface area is 155 Å². The van der Waals surface area contributed by atoms with Crippen LogP contribution in [0.25, 0.3) is 0 Å². The molecule has 1 aromatic heterocycles. The molecule has 0 N–H and O–H groups in total. The maximum absolute atomic E-state index is 13.1. The summed E-state index contributed by atoms with van der Waals surface area (Å²) in [6, 6.07) is 5.02. The van der Waals surface area contributed by atoms with E-state index in [-0.39, 0.29) is 16.6 Å². The minimum atomic E-state index is -1.35. The Kier molecular flexibility index (Phi) is 3.98. The summed E-state index contributed by atoms with van der Waals surface area (Å²) in [5.41, 5.74) is 0.654. The predicted octanol–water partition coefficient (Wildman–Crippen LogP) is 2.36. The first kappa shape index (κ1) is 16.4. The minimum absolute atomic E-state index is 0.169. The van der Waals surface area contributed by atoms with Gasteiger partial charge in [0.2, 0.25) is 11.1 Å². The summed E-state index contributed by atoms with van der Waals surface area (Å²) in [6.07, 6.45) is 2.87. The van der Waals surface area contributed by atoms with Crippen LogP contribution in [0.15, 0.2) is 34.5 Å². The zero-order valence-corrected chi connectivity index (χ0v) is 15.3. The largest absolute Gasteiger partial charge is 0.294 e. The number of amides is 1. The van der Waals surface area contributed by atoms with Gasteiger partial charge in [0, 0.05) is 19.0 Å². The number of benzene rings is 1. The summed E-state index contributed by atoms with van der Waals surface area (Å²) in [6.45, 7) is 1.04. The number of carbonyl (C=O) groups is 1. The molecule has 0 fully saturated rings. The van der Waals surface area contributed by atoms with Gasteiger partial charge in [0.25, 0.3) is 5.91 Å². The topological polar surface area (TPSA) is 78.8 Å². The van der Waals surface area contributed by atoms with Crippen LogP contribution in [0.3, 0.4) is 0 Å². The Balaban J connectivity index is 1.93. The van der Waals surface area contributed by atoms with Gasteiger partial charge in [0.15, 0.2) is 5.82 Å². The van der Waals surface area contributed by atoms with E-state index in [0.29, 0.717) is 40.6 Å². The number of aromatic nitrogens is 2. The monoisotopic (exact) mass is 395 g/mol. The van der Waals surface area contributed by atoms with Crippen LogP contribution in [-0.4, -0.2) is 45.4 Å². The van der Waals surface area contributed by atoms with Crippen LogP contribution in [0.1, 0.15) is 10.4 Å². The quantitative estimate of drug-likeness (QED) is 0.729. The molecular formula is C15H11Cl2N5O2S. The SMILES string of the molecule is CS(=O)c1ncc2c(n1)N1CCN=C1N(c1c(Cl)cccc1Cl)C2=O. The van der Waals surface area contributed by atoms with E-state index in [1.807, 2.05) is 0 Å². The second-order valence-electron chi connectivity index (χ2n) is 5.39. The van der Waals surface area contributed by atoms with E-state index < -0.39 is 10.8 Å². The van der Waals surface area contributed by atoms with Gasteiger partial charge in [0.1, 0.15) is 5.56 Å². The average molecular weight is 396 g/mol. The standard InChI is InChI=1S/C15H11Cl2N5O2S/c1-25(24)14-19-7-8-12(20-14)21-6-5-18-15(21)22(13(8)23)11-9(16)3-2-4-10(11)17/h2-4,7H,5-6H2,1H3. The van der Waals surface area contributed by atoms with Crippen molar-refractivity contribution >= 4 is 57.4 Å². The second-order valence-corrected chi connectivity index (χ2v) is 7.48. The summed E-state index contributed by atoms with van der Waals surface area (Å²) < 4.78 is 11.7. The smallest absolute Gasteiger partial charge is 0.270 e. The number of aliphatic imine (C=N–C) groups is 1. The summed E-state index contributed by atoms with van der Waals surface area (Å²) in [5.74, 6) is 0.426. The van der Waals surface area contributed by atoms with Crippen molar-refractivity contribution in [2.75, 3.05) is 29.1 Å². The van der Waals surface area contributed by atoms with Gasteiger partial charge in [-0.3, -0.25) is 18.9 Å². The van der Waals surface area contributed by atoms with E-state index in [9.17, 15) is 9.00 Å². The van der Waals surface area contributed by atoms with Crippen LogP contribution in [0, 0.1) is 0 Å². The molecular weight excluding hydrogens is 385 g/mol. The lowest BCUT2D eigenvalue weighted by molar-refractivity contribution is 0.0999. The number of rotatable bonds is 2. The molecule has 10 heteroatoms. The predicted molar refractivity (Wildman–Crippen MR) is 97.3 cm³/mol. The lowest BCUT2D eigenvalue weighted by atomic mass is 10.1. The maximum Gasteiger partial charge on any atom is 0.270 e. The fourth-order valence-electron chi connectivity index (χ4n) is 2.80. The average Bonchev–Trinajstić information content (AvgIpc) is 3.06. The fourth-order valence-corrected chi connectivity index (χ4v) is 3.78. The number of anilines is 2. The Bertz CT molecular complexity index is 945. The lowest BCUT2D eigenvalue weighted by Crippen LogP contribution is -2.51. The number of carbonyl (C=O) groups excluding carboxylic acids is 1. The van der Waals surface area contributed by atoms with Crippen molar-refractivity contribution in [3.63, 3.8) is 0 Å². The molecule has 2 aliphatic heterocycles. The summed E-state index contributed by atoms with van der Waals surface area (Å²) in [5, 5.41) is 0.846. The van der Waals surface area contributed by atoms with Crippen LogP contribution >= 0.6 is 23.2 Å². The highest BCUT2D eigenvalue weighted by atomic mass is 35.5. The Hall–Kier alpha value is -2.03. The van der Waals surface area contributed by atoms with Crippen LogP contribution in [0.4, 0.5) is 11.5 Å². The number of guanidine groups is 1. The van der Waals surface area contributed by atoms with Crippen LogP contribution in [0.2, 0.25) is 10.0 Å². The molecule has 0 bridgehead atoms. The number of para-hydroxylation sites is 1.